The van der Waals surface area contributed by atoms with Crippen molar-refractivity contribution in [3.63, 3.8) is 0 Å². The fraction of sp³-hybridized carbons (Fsp3) is 0.647. The predicted octanol–water partition coefficient (Wildman–Crippen LogP) is 3.52. The van der Waals surface area contributed by atoms with E-state index in [9.17, 15) is 4.79 Å². The Balaban J connectivity index is 1.65. The zero-order valence-corrected chi connectivity index (χ0v) is 15.2. The van der Waals surface area contributed by atoms with E-state index >= 15 is 0 Å². The Morgan fingerprint density at radius 1 is 1.38 bits per heavy atom. The van der Waals surface area contributed by atoms with Crippen LogP contribution in [-0.2, 0) is 4.74 Å². The molecule has 0 N–H and O–H groups in total. The molecule has 1 saturated carbocycles. The molecule has 1 aromatic heterocycles. The molecule has 0 radical (unpaired) electrons. The Labute approximate surface area is 147 Å². The number of rotatable bonds is 4. The molecule has 1 aliphatic carbocycles. The molecule has 1 aromatic rings. The van der Waals surface area contributed by atoms with E-state index in [4.69, 9.17) is 25.8 Å². The summed E-state index contributed by atoms with van der Waals surface area (Å²) in [4.78, 5) is 18.5. The molecule has 3 rings (SSSR count). The van der Waals surface area contributed by atoms with Crippen LogP contribution in [0.25, 0.3) is 0 Å². The van der Waals surface area contributed by atoms with Gasteiger partial charge in [-0.25, -0.2) is 4.79 Å². The first-order chi connectivity index (χ1) is 11.3. The first kappa shape index (κ1) is 17.1. The normalized spacial score (nSPS) is 25.2. The fourth-order valence-corrected chi connectivity index (χ4v) is 3.26. The molecule has 1 saturated heterocycles. The number of hydrogen-bond donors (Lipinski definition) is 0. The lowest BCUT2D eigenvalue weighted by molar-refractivity contribution is 0.0137. The van der Waals surface area contributed by atoms with Crippen molar-refractivity contribution in [3.05, 3.63) is 17.2 Å². The minimum Gasteiger partial charge on any atom is -0.481 e. The number of carbonyl (C=O) groups excluding carboxylic acids is 1. The molecular formula is C17H23ClN2O4. The van der Waals surface area contributed by atoms with Gasteiger partial charge in [0.05, 0.1) is 13.2 Å². The zero-order chi connectivity index (χ0) is 17.5. The van der Waals surface area contributed by atoms with Crippen LogP contribution >= 0.6 is 11.6 Å². The summed E-state index contributed by atoms with van der Waals surface area (Å²) in [7, 11) is 1.54. The fourth-order valence-electron chi connectivity index (χ4n) is 3.10. The Morgan fingerprint density at radius 3 is 2.79 bits per heavy atom. The Kier molecular flexibility index (Phi) is 4.51. The molecule has 2 aliphatic rings. The maximum atomic E-state index is 12.5. The van der Waals surface area contributed by atoms with E-state index in [1.807, 2.05) is 25.7 Å². The van der Waals surface area contributed by atoms with Crippen LogP contribution < -0.4 is 9.47 Å². The van der Waals surface area contributed by atoms with Crippen molar-refractivity contribution in [2.45, 2.75) is 51.3 Å². The van der Waals surface area contributed by atoms with Crippen LogP contribution in [0.2, 0.25) is 5.02 Å². The number of aromatic nitrogens is 1. The van der Waals surface area contributed by atoms with E-state index in [1.54, 1.807) is 12.1 Å². The van der Waals surface area contributed by atoms with Crippen molar-refractivity contribution >= 4 is 17.7 Å². The van der Waals surface area contributed by atoms with Gasteiger partial charge in [-0.3, -0.25) is 4.90 Å². The van der Waals surface area contributed by atoms with E-state index in [0.29, 0.717) is 29.3 Å². The second-order valence-electron chi connectivity index (χ2n) is 7.29. The highest BCUT2D eigenvalue weighted by Gasteiger charge is 2.55. The zero-order valence-electron chi connectivity index (χ0n) is 14.4. The van der Waals surface area contributed by atoms with Crippen LogP contribution in [0, 0.1) is 5.92 Å². The topological polar surface area (TPSA) is 60.9 Å². The van der Waals surface area contributed by atoms with E-state index in [0.717, 1.165) is 12.8 Å². The smallest absolute Gasteiger partial charge is 0.410 e. The van der Waals surface area contributed by atoms with Crippen LogP contribution in [0.1, 0.15) is 33.6 Å². The molecule has 0 spiro atoms. The van der Waals surface area contributed by atoms with Crippen LogP contribution in [0.4, 0.5) is 4.79 Å². The number of halogens is 1. The molecule has 2 heterocycles. The molecule has 0 aromatic carbocycles. The average Bonchev–Trinajstić information content (AvgIpc) is 3.15. The highest BCUT2D eigenvalue weighted by molar-refractivity contribution is 6.31. The van der Waals surface area contributed by atoms with Crippen molar-refractivity contribution < 1.29 is 19.0 Å². The number of nitrogens with zero attached hydrogens (tertiary/aromatic N) is 2. The number of ether oxygens (including phenoxy) is 3. The number of piperidine rings is 1. The SMILES string of the molecule is COc1ccc(Cl)c(OC[C@H]2C[C@H]3C[C@H]3N2C(=O)OC(C)(C)C)n1. The molecule has 1 aliphatic heterocycles. The molecule has 1 amide bonds. The van der Waals surface area contributed by atoms with E-state index in [2.05, 4.69) is 4.98 Å². The van der Waals surface area contributed by atoms with Gasteiger partial charge in [0.25, 0.3) is 0 Å². The molecule has 0 bridgehead atoms. The van der Waals surface area contributed by atoms with Crippen LogP contribution in [0.15, 0.2) is 12.1 Å². The molecule has 7 heteroatoms. The molecular weight excluding hydrogens is 332 g/mol. The second-order valence-corrected chi connectivity index (χ2v) is 7.70. The van der Waals surface area contributed by atoms with Gasteiger partial charge in [0, 0.05) is 12.1 Å². The Morgan fingerprint density at radius 2 is 2.12 bits per heavy atom. The minimum atomic E-state index is -0.507. The number of pyridine rings is 1. The van der Waals surface area contributed by atoms with Gasteiger partial charge in [-0.15, -0.1) is 0 Å². The predicted molar refractivity (Wildman–Crippen MR) is 89.7 cm³/mol. The van der Waals surface area contributed by atoms with Gasteiger partial charge in [0.15, 0.2) is 0 Å². The van der Waals surface area contributed by atoms with Gasteiger partial charge >= 0.3 is 6.09 Å². The number of methoxy groups -OCH3 is 1. The number of hydrogen-bond acceptors (Lipinski definition) is 5. The molecule has 6 nitrogen and oxygen atoms in total. The molecule has 0 unspecified atom stereocenters. The van der Waals surface area contributed by atoms with Gasteiger partial charge in [0.1, 0.15) is 17.2 Å². The number of carbonyl (C=O) groups is 1. The summed E-state index contributed by atoms with van der Waals surface area (Å²) < 4.78 is 16.4. The average molecular weight is 355 g/mol. The Hall–Kier alpha value is -1.69. The standard InChI is InChI=1S/C17H23ClN2O4/c1-17(2,3)24-16(21)20-11(7-10-8-13(10)20)9-23-15-12(18)5-6-14(19-15)22-4/h5-6,10-11,13H,7-9H2,1-4H3/t10-,11+,13+/m0/s1. The highest BCUT2D eigenvalue weighted by atomic mass is 35.5. The van der Waals surface area contributed by atoms with Gasteiger partial charge in [-0.05, 0) is 45.6 Å². The second kappa shape index (κ2) is 6.31. The van der Waals surface area contributed by atoms with Crippen LogP contribution in [0.3, 0.4) is 0 Å². The van der Waals surface area contributed by atoms with Gasteiger partial charge in [-0.1, -0.05) is 11.6 Å². The summed E-state index contributed by atoms with van der Waals surface area (Å²) in [6.07, 6.45) is 1.70. The number of fused-ring (bicyclic) bond motifs is 1. The third-order valence-corrected chi connectivity index (χ3v) is 4.51. The largest absolute Gasteiger partial charge is 0.481 e. The summed E-state index contributed by atoms with van der Waals surface area (Å²) in [5.41, 5.74) is -0.507. The number of amides is 1. The van der Waals surface area contributed by atoms with Gasteiger partial charge < -0.3 is 14.2 Å². The van der Waals surface area contributed by atoms with Gasteiger partial charge in [0.2, 0.25) is 11.8 Å². The Bertz CT molecular complexity index is 632. The molecule has 3 atom stereocenters. The first-order valence-electron chi connectivity index (χ1n) is 8.13. The van der Waals surface area contributed by atoms with Crippen molar-refractivity contribution in [2.75, 3.05) is 13.7 Å². The van der Waals surface area contributed by atoms with Crippen molar-refractivity contribution in [2.24, 2.45) is 5.92 Å². The van der Waals surface area contributed by atoms with Gasteiger partial charge in [-0.2, -0.15) is 4.98 Å². The van der Waals surface area contributed by atoms with E-state index in [1.165, 1.54) is 7.11 Å². The monoisotopic (exact) mass is 354 g/mol. The molecule has 24 heavy (non-hydrogen) atoms. The van der Waals surface area contributed by atoms with E-state index in [-0.39, 0.29) is 18.2 Å². The third kappa shape index (κ3) is 3.69. The highest BCUT2D eigenvalue weighted by Crippen LogP contribution is 2.48. The maximum Gasteiger partial charge on any atom is 0.410 e. The van der Waals surface area contributed by atoms with Crippen molar-refractivity contribution in [1.82, 2.24) is 9.88 Å². The lowest BCUT2D eigenvalue weighted by atomic mass is 10.2. The van der Waals surface area contributed by atoms with Crippen molar-refractivity contribution in [1.29, 1.82) is 0 Å². The summed E-state index contributed by atoms with van der Waals surface area (Å²) in [5, 5.41) is 0.419. The first-order valence-corrected chi connectivity index (χ1v) is 8.51. The quantitative estimate of drug-likeness (QED) is 0.827. The third-order valence-electron chi connectivity index (χ3n) is 4.22. The molecule has 2 fully saturated rings. The maximum absolute atomic E-state index is 12.5. The number of likely N-dealkylation sites (tertiary alicyclic amines) is 1. The summed E-state index contributed by atoms with van der Waals surface area (Å²) >= 11 is 6.11. The summed E-state index contributed by atoms with van der Waals surface area (Å²) in [5.74, 6) is 1.31. The lowest BCUT2D eigenvalue weighted by Crippen LogP contribution is -2.44. The van der Waals surface area contributed by atoms with Crippen molar-refractivity contribution in [3.8, 4) is 11.8 Å². The van der Waals surface area contributed by atoms with Crippen LogP contribution in [-0.4, -0.2) is 47.4 Å². The minimum absolute atomic E-state index is 0.0207. The molecule has 132 valence electrons. The van der Waals surface area contributed by atoms with E-state index < -0.39 is 5.60 Å². The summed E-state index contributed by atoms with van der Waals surface area (Å²) in [6.45, 7) is 5.95. The van der Waals surface area contributed by atoms with Crippen LogP contribution in [0.5, 0.6) is 11.8 Å². The lowest BCUT2D eigenvalue weighted by Gasteiger charge is -2.30. The summed E-state index contributed by atoms with van der Waals surface area (Å²) in [6, 6.07) is 3.61.